The van der Waals surface area contributed by atoms with E-state index in [-0.39, 0.29) is 5.97 Å². The molecule has 2 nitrogen and oxygen atoms in total. The SMILES string of the molecule is CCCCC/C=C/CCOC(=O)CC. The van der Waals surface area contributed by atoms with Crippen LogP contribution in [0.4, 0.5) is 0 Å². The zero-order chi connectivity index (χ0) is 10.6. The van der Waals surface area contributed by atoms with Gasteiger partial charge in [0.25, 0.3) is 0 Å². The van der Waals surface area contributed by atoms with Crippen molar-refractivity contribution in [2.45, 2.75) is 52.4 Å². The zero-order valence-corrected chi connectivity index (χ0v) is 9.42. The van der Waals surface area contributed by atoms with E-state index < -0.39 is 0 Å². The molecule has 0 bridgehead atoms. The minimum absolute atomic E-state index is 0.107. The minimum atomic E-state index is -0.107. The van der Waals surface area contributed by atoms with Crippen molar-refractivity contribution in [3.8, 4) is 0 Å². The van der Waals surface area contributed by atoms with E-state index in [2.05, 4.69) is 19.1 Å². The standard InChI is InChI=1S/C12H22O2/c1-3-5-6-7-8-9-10-11-14-12(13)4-2/h8-9H,3-7,10-11H2,1-2H3/b9-8+. The maximum absolute atomic E-state index is 10.7. The second-order valence-electron chi connectivity index (χ2n) is 3.33. The van der Waals surface area contributed by atoms with Crippen molar-refractivity contribution in [1.29, 1.82) is 0 Å². The second-order valence-corrected chi connectivity index (χ2v) is 3.33. The van der Waals surface area contributed by atoms with Crippen LogP contribution in [0, 0.1) is 0 Å². The summed E-state index contributed by atoms with van der Waals surface area (Å²) in [6.45, 7) is 4.54. The van der Waals surface area contributed by atoms with Crippen molar-refractivity contribution in [3.63, 3.8) is 0 Å². The fourth-order valence-corrected chi connectivity index (χ4v) is 1.09. The normalized spacial score (nSPS) is 10.7. The van der Waals surface area contributed by atoms with Gasteiger partial charge in [0, 0.05) is 6.42 Å². The lowest BCUT2D eigenvalue weighted by molar-refractivity contribution is -0.143. The van der Waals surface area contributed by atoms with Gasteiger partial charge in [0.05, 0.1) is 6.61 Å². The summed E-state index contributed by atoms with van der Waals surface area (Å²) in [5, 5.41) is 0. The van der Waals surface area contributed by atoms with Gasteiger partial charge in [-0.25, -0.2) is 0 Å². The zero-order valence-electron chi connectivity index (χ0n) is 9.42. The number of esters is 1. The Labute approximate surface area is 87.3 Å². The molecule has 0 fully saturated rings. The highest BCUT2D eigenvalue weighted by Gasteiger charge is 1.94. The number of unbranched alkanes of at least 4 members (excludes halogenated alkanes) is 3. The molecule has 0 aromatic rings. The molecule has 0 aliphatic rings. The van der Waals surface area contributed by atoms with Gasteiger partial charge >= 0.3 is 5.97 Å². The first-order chi connectivity index (χ1) is 6.81. The fraction of sp³-hybridized carbons (Fsp3) is 0.750. The fourth-order valence-electron chi connectivity index (χ4n) is 1.09. The average Bonchev–Trinajstić information content (AvgIpc) is 2.21. The molecule has 0 N–H and O–H groups in total. The van der Waals surface area contributed by atoms with E-state index >= 15 is 0 Å². The Balaban J connectivity index is 3.14. The lowest BCUT2D eigenvalue weighted by Crippen LogP contribution is -2.02. The monoisotopic (exact) mass is 198 g/mol. The third kappa shape index (κ3) is 9.30. The third-order valence-corrected chi connectivity index (χ3v) is 1.98. The molecule has 0 radical (unpaired) electrons. The number of rotatable bonds is 8. The largest absolute Gasteiger partial charge is 0.465 e. The Hall–Kier alpha value is -0.790. The number of hydrogen-bond donors (Lipinski definition) is 0. The molecular weight excluding hydrogens is 176 g/mol. The summed E-state index contributed by atoms with van der Waals surface area (Å²) < 4.78 is 4.93. The van der Waals surface area contributed by atoms with E-state index in [1.807, 2.05) is 6.92 Å². The maximum Gasteiger partial charge on any atom is 0.305 e. The highest BCUT2D eigenvalue weighted by atomic mass is 16.5. The summed E-state index contributed by atoms with van der Waals surface area (Å²) >= 11 is 0. The Morgan fingerprint density at radius 3 is 2.50 bits per heavy atom. The molecule has 0 aliphatic carbocycles. The average molecular weight is 198 g/mol. The molecule has 2 heteroatoms. The van der Waals surface area contributed by atoms with Gasteiger partial charge in [-0.05, 0) is 19.3 Å². The molecule has 14 heavy (non-hydrogen) atoms. The Kier molecular flexibility index (Phi) is 9.71. The summed E-state index contributed by atoms with van der Waals surface area (Å²) in [4.78, 5) is 10.7. The first kappa shape index (κ1) is 13.2. The summed E-state index contributed by atoms with van der Waals surface area (Å²) in [6, 6.07) is 0. The van der Waals surface area contributed by atoms with Gasteiger partial charge in [-0.1, -0.05) is 38.8 Å². The van der Waals surface area contributed by atoms with Gasteiger partial charge in [0.2, 0.25) is 0 Å². The highest BCUT2D eigenvalue weighted by molar-refractivity contribution is 5.68. The predicted octanol–water partition coefficient (Wildman–Crippen LogP) is 3.47. The summed E-state index contributed by atoms with van der Waals surface area (Å²) in [5.74, 6) is -0.107. The molecule has 0 saturated carbocycles. The predicted molar refractivity (Wildman–Crippen MR) is 59.1 cm³/mol. The van der Waals surface area contributed by atoms with Crippen molar-refractivity contribution in [3.05, 3.63) is 12.2 Å². The van der Waals surface area contributed by atoms with Gasteiger partial charge in [-0.2, -0.15) is 0 Å². The summed E-state index contributed by atoms with van der Waals surface area (Å²) in [7, 11) is 0. The number of ether oxygens (including phenoxy) is 1. The van der Waals surface area contributed by atoms with Crippen molar-refractivity contribution in [2.24, 2.45) is 0 Å². The van der Waals surface area contributed by atoms with Crippen molar-refractivity contribution < 1.29 is 9.53 Å². The lowest BCUT2D eigenvalue weighted by Gasteiger charge is -1.99. The van der Waals surface area contributed by atoms with Crippen molar-refractivity contribution >= 4 is 5.97 Å². The van der Waals surface area contributed by atoms with Gasteiger partial charge in [-0.3, -0.25) is 4.79 Å². The first-order valence-corrected chi connectivity index (χ1v) is 5.61. The molecular formula is C12H22O2. The molecule has 0 aliphatic heterocycles. The first-order valence-electron chi connectivity index (χ1n) is 5.61. The van der Waals surface area contributed by atoms with Crippen LogP contribution in [0.3, 0.4) is 0 Å². The van der Waals surface area contributed by atoms with E-state index in [0.717, 1.165) is 12.8 Å². The number of allylic oxidation sites excluding steroid dienone is 1. The van der Waals surface area contributed by atoms with Crippen LogP contribution in [0.25, 0.3) is 0 Å². The number of carbonyl (C=O) groups excluding carboxylic acids is 1. The minimum Gasteiger partial charge on any atom is -0.465 e. The van der Waals surface area contributed by atoms with Gasteiger partial charge in [-0.15, -0.1) is 0 Å². The summed E-state index contributed by atoms with van der Waals surface area (Å²) in [6.07, 6.45) is 10.6. The van der Waals surface area contributed by atoms with Crippen LogP contribution in [-0.2, 0) is 9.53 Å². The van der Waals surface area contributed by atoms with Crippen LogP contribution in [0.2, 0.25) is 0 Å². The Morgan fingerprint density at radius 2 is 1.86 bits per heavy atom. The van der Waals surface area contributed by atoms with E-state index in [0.29, 0.717) is 13.0 Å². The molecule has 0 aromatic carbocycles. The number of hydrogen-bond acceptors (Lipinski definition) is 2. The molecule has 0 unspecified atom stereocenters. The molecule has 0 spiro atoms. The summed E-state index contributed by atoms with van der Waals surface area (Å²) in [5.41, 5.74) is 0. The van der Waals surface area contributed by atoms with Crippen molar-refractivity contribution in [2.75, 3.05) is 6.61 Å². The van der Waals surface area contributed by atoms with Crippen LogP contribution >= 0.6 is 0 Å². The molecule has 0 aromatic heterocycles. The van der Waals surface area contributed by atoms with Gasteiger partial charge < -0.3 is 4.74 Å². The topological polar surface area (TPSA) is 26.3 Å². The van der Waals surface area contributed by atoms with Gasteiger partial charge in [0.1, 0.15) is 0 Å². The van der Waals surface area contributed by atoms with Crippen LogP contribution in [0.15, 0.2) is 12.2 Å². The third-order valence-electron chi connectivity index (χ3n) is 1.98. The van der Waals surface area contributed by atoms with Crippen LogP contribution < -0.4 is 0 Å². The molecule has 82 valence electrons. The van der Waals surface area contributed by atoms with Crippen LogP contribution in [0.5, 0.6) is 0 Å². The van der Waals surface area contributed by atoms with E-state index in [4.69, 9.17) is 4.74 Å². The molecule has 0 amide bonds. The molecule has 0 rings (SSSR count). The van der Waals surface area contributed by atoms with Crippen LogP contribution in [0.1, 0.15) is 52.4 Å². The van der Waals surface area contributed by atoms with E-state index in [1.54, 1.807) is 0 Å². The second kappa shape index (κ2) is 10.3. The maximum atomic E-state index is 10.7. The number of carbonyl (C=O) groups is 1. The highest BCUT2D eigenvalue weighted by Crippen LogP contribution is 2.00. The van der Waals surface area contributed by atoms with E-state index in [9.17, 15) is 4.79 Å². The van der Waals surface area contributed by atoms with Crippen molar-refractivity contribution in [1.82, 2.24) is 0 Å². The Bertz CT molecular complexity index is 162. The lowest BCUT2D eigenvalue weighted by atomic mass is 10.2. The molecule has 0 heterocycles. The smallest absolute Gasteiger partial charge is 0.305 e. The molecule has 0 atom stereocenters. The van der Waals surface area contributed by atoms with E-state index in [1.165, 1.54) is 19.3 Å². The quantitative estimate of drug-likeness (QED) is 0.339. The molecule has 0 saturated heterocycles. The Morgan fingerprint density at radius 1 is 1.14 bits per heavy atom. The van der Waals surface area contributed by atoms with Gasteiger partial charge in [0.15, 0.2) is 0 Å². The van der Waals surface area contributed by atoms with Crippen LogP contribution in [-0.4, -0.2) is 12.6 Å².